The largest absolute Gasteiger partial charge is 0.320 e. The van der Waals surface area contributed by atoms with Crippen LogP contribution >= 0.6 is 0 Å². The molecule has 1 fully saturated rings. The van der Waals surface area contributed by atoms with Crippen molar-refractivity contribution in [1.29, 1.82) is 0 Å². The van der Waals surface area contributed by atoms with Crippen LogP contribution in [-0.2, 0) is 0 Å². The van der Waals surface area contributed by atoms with Crippen LogP contribution < -0.4 is 10.6 Å². The van der Waals surface area contributed by atoms with Crippen LogP contribution in [0.15, 0.2) is 24.4 Å². The Morgan fingerprint density at radius 2 is 2.09 bits per heavy atom. The van der Waals surface area contributed by atoms with E-state index in [9.17, 15) is 4.79 Å². The molecule has 0 unspecified atom stereocenters. The lowest BCUT2D eigenvalue weighted by atomic mass is 10.1. The van der Waals surface area contributed by atoms with Crippen molar-refractivity contribution < 1.29 is 4.79 Å². The van der Waals surface area contributed by atoms with E-state index in [0.29, 0.717) is 11.7 Å². The molecule has 0 atom stereocenters. The molecule has 1 amide bonds. The maximum atomic E-state index is 12.3. The highest BCUT2D eigenvalue weighted by Gasteiger charge is 2.19. The molecule has 116 valence electrons. The van der Waals surface area contributed by atoms with Crippen LogP contribution in [0.2, 0.25) is 0 Å². The van der Waals surface area contributed by atoms with Crippen LogP contribution in [0.3, 0.4) is 0 Å². The number of anilines is 1. The molecule has 0 radical (unpaired) electrons. The third-order valence-electron chi connectivity index (χ3n) is 4.06. The van der Waals surface area contributed by atoms with Crippen molar-refractivity contribution in [1.82, 2.24) is 20.3 Å². The average Bonchev–Trinajstić information content (AvgIpc) is 3.01. The third-order valence-corrected chi connectivity index (χ3v) is 4.06. The number of piperidine rings is 1. The van der Waals surface area contributed by atoms with Crippen LogP contribution in [0.1, 0.15) is 40.5 Å². The monoisotopic (exact) mass is 299 g/mol. The van der Waals surface area contributed by atoms with E-state index in [1.165, 1.54) is 5.56 Å². The second kappa shape index (κ2) is 6.27. The van der Waals surface area contributed by atoms with Gasteiger partial charge in [-0.15, -0.1) is 5.10 Å². The van der Waals surface area contributed by atoms with Gasteiger partial charge in [0.15, 0.2) is 5.69 Å². The predicted octanol–water partition coefficient (Wildman–Crippen LogP) is 2.07. The van der Waals surface area contributed by atoms with Gasteiger partial charge in [0, 0.05) is 5.69 Å². The number of hydrogen-bond donors (Lipinski definition) is 2. The Labute approximate surface area is 129 Å². The van der Waals surface area contributed by atoms with Crippen LogP contribution in [-0.4, -0.2) is 34.0 Å². The van der Waals surface area contributed by atoms with E-state index >= 15 is 0 Å². The highest BCUT2D eigenvalue weighted by Crippen LogP contribution is 2.19. The maximum absolute atomic E-state index is 12.3. The SMILES string of the molecule is Cc1ccc(NC(=O)c2cn(C3CCNCC3)nn2)c(C)c1. The van der Waals surface area contributed by atoms with E-state index in [-0.39, 0.29) is 5.91 Å². The summed E-state index contributed by atoms with van der Waals surface area (Å²) in [5.41, 5.74) is 3.39. The van der Waals surface area contributed by atoms with Crippen LogP contribution in [0.5, 0.6) is 0 Å². The number of rotatable bonds is 3. The molecule has 22 heavy (non-hydrogen) atoms. The zero-order valence-corrected chi connectivity index (χ0v) is 13.0. The summed E-state index contributed by atoms with van der Waals surface area (Å²) < 4.78 is 1.82. The summed E-state index contributed by atoms with van der Waals surface area (Å²) in [6, 6.07) is 6.27. The molecule has 1 saturated heterocycles. The molecule has 0 aliphatic carbocycles. The van der Waals surface area contributed by atoms with Gasteiger partial charge in [0.25, 0.3) is 5.91 Å². The smallest absolute Gasteiger partial charge is 0.277 e. The highest BCUT2D eigenvalue weighted by molar-refractivity contribution is 6.03. The zero-order chi connectivity index (χ0) is 15.5. The van der Waals surface area contributed by atoms with Crippen LogP contribution in [0.4, 0.5) is 5.69 Å². The van der Waals surface area contributed by atoms with Gasteiger partial charge in [0.05, 0.1) is 12.2 Å². The van der Waals surface area contributed by atoms with E-state index < -0.39 is 0 Å². The van der Waals surface area contributed by atoms with Gasteiger partial charge in [-0.25, -0.2) is 4.68 Å². The van der Waals surface area contributed by atoms with Gasteiger partial charge in [-0.1, -0.05) is 22.9 Å². The van der Waals surface area contributed by atoms with Gasteiger partial charge >= 0.3 is 0 Å². The first-order valence-corrected chi connectivity index (χ1v) is 7.64. The summed E-state index contributed by atoms with van der Waals surface area (Å²) >= 11 is 0. The fraction of sp³-hybridized carbons (Fsp3) is 0.438. The summed E-state index contributed by atoms with van der Waals surface area (Å²) in [5, 5.41) is 14.4. The molecule has 0 bridgehead atoms. The van der Waals surface area contributed by atoms with Gasteiger partial charge in [0.2, 0.25) is 0 Å². The number of aromatic nitrogens is 3. The maximum Gasteiger partial charge on any atom is 0.277 e. The van der Waals surface area contributed by atoms with Crippen molar-refractivity contribution in [3.63, 3.8) is 0 Å². The molecule has 2 N–H and O–H groups in total. The Kier molecular flexibility index (Phi) is 4.20. The number of benzene rings is 1. The standard InChI is InChI=1S/C16H21N5O/c1-11-3-4-14(12(2)9-11)18-16(22)15-10-21(20-19-15)13-5-7-17-8-6-13/h3-4,9-10,13,17H,5-8H2,1-2H3,(H,18,22). The molecule has 0 spiro atoms. The lowest BCUT2D eigenvalue weighted by Crippen LogP contribution is -2.29. The highest BCUT2D eigenvalue weighted by atomic mass is 16.2. The lowest BCUT2D eigenvalue weighted by molar-refractivity contribution is 0.102. The minimum atomic E-state index is -0.216. The Balaban J connectivity index is 1.71. The average molecular weight is 299 g/mol. The Morgan fingerprint density at radius 1 is 1.32 bits per heavy atom. The van der Waals surface area contributed by atoms with Crippen molar-refractivity contribution in [2.24, 2.45) is 0 Å². The number of aryl methyl sites for hydroxylation is 2. The van der Waals surface area contributed by atoms with E-state index in [1.54, 1.807) is 6.20 Å². The molecule has 2 heterocycles. The quantitative estimate of drug-likeness (QED) is 0.910. The third kappa shape index (κ3) is 3.17. The molecule has 1 aromatic carbocycles. The predicted molar refractivity (Wildman–Crippen MR) is 85.0 cm³/mol. The van der Waals surface area contributed by atoms with Crippen molar-refractivity contribution >= 4 is 11.6 Å². The van der Waals surface area contributed by atoms with E-state index in [2.05, 4.69) is 20.9 Å². The van der Waals surface area contributed by atoms with Crippen molar-refractivity contribution in [3.8, 4) is 0 Å². The molecule has 6 nitrogen and oxygen atoms in total. The molecule has 1 aliphatic rings. The first kappa shape index (κ1) is 14.7. The fourth-order valence-electron chi connectivity index (χ4n) is 2.77. The molecule has 1 aliphatic heterocycles. The van der Waals surface area contributed by atoms with E-state index in [0.717, 1.165) is 37.2 Å². The van der Waals surface area contributed by atoms with Gasteiger partial charge in [-0.05, 0) is 51.4 Å². The fourth-order valence-corrected chi connectivity index (χ4v) is 2.77. The second-order valence-corrected chi connectivity index (χ2v) is 5.84. The minimum Gasteiger partial charge on any atom is -0.320 e. The molecule has 6 heteroatoms. The van der Waals surface area contributed by atoms with Crippen molar-refractivity contribution in [2.45, 2.75) is 32.7 Å². The summed E-state index contributed by atoms with van der Waals surface area (Å²) in [6.07, 6.45) is 3.78. The number of nitrogens with one attached hydrogen (secondary N) is 2. The van der Waals surface area contributed by atoms with Gasteiger partial charge in [0.1, 0.15) is 0 Å². The molecule has 3 rings (SSSR count). The number of amides is 1. The Morgan fingerprint density at radius 3 is 2.82 bits per heavy atom. The number of carbonyl (C=O) groups is 1. The molecule has 2 aromatic rings. The molecular formula is C16H21N5O. The second-order valence-electron chi connectivity index (χ2n) is 5.84. The summed E-state index contributed by atoms with van der Waals surface area (Å²) in [4.78, 5) is 12.3. The minimum absolute atomic E-state index is 0.216. The molecule has 0 saturated carbocycles. The summed E-state index contributed by atoms with van der Waals surface area (Å²) in [6.45, 7) is 5.97. The molecule has 1 aromatic heterocycles. The number of carbonyl (C=O) groups excluding carboxylic acids is 1. The number of nitrogens with zero attached hydrogens (tertiary/aromatic N) is 3. The first-order valence-electron chi connectivity index (χ1n) is 7.64. The Bertz CT molecular complexity index is 673. The van der Waals surface area contributed by atoms with E-state index in [1.807, 2.05) is 36.7 Å². The van der Waals surface area contributed by atoms with Crippen LogP contribution in [0, 0.1) is 13.8 Å². The first-order chi connectivity index (χ1) is 10.6. The van der Waals surface area contributed by atoms with Crippen LogP contribution in [0.25, 0.3) is 0 Å². The van der Waals surface area contributed by atoms with Gasteiger partial charge in [-0.3, -0.25) is 4.79 Å². The van der Waals surface area contributed by atoms with Gasteiger partial charge < -0.3 is 10.6 Å². The van der Waals surface area contributed by atoms with E-state index in [4.69, 9.17) is 0 Å². The topological polar surface area (TPSA) is 71.8 Å². The van der Waals surface area contributed by atoms with Crippen molar-refractivity contribution in [2.75, 3.05) is 18.4 Å². The lowest BCUT2D eigenvalue weighted by Gasteiger charge is -2.22. The summed E-state index contributed by atoms with van der Waals surface area (Å²) in [7, 11) is 0. The van der Waals surface area contributed by atoms with Gasteiger partial charge in [-0.2, -0.15) is 0 Å². The summed E-state index contributed by atoms with van der Waals surface area (Å²) in [5.74, 6) is -0.216. The normalized spacial score (nSPS) is 15.7. The van der Waals surface area contributed by atoms with Crippen molar-refractivity contribution in [3.05, 3.63) is 41.2 Å². The zero-order valence-electron chi connectivity index (χ0n) is 13.0. The number of hydrogen-bond acceptors (Lipinski definition) is 4. The molecular weight excluding hydrogens is 278 g/mol. The Hall–Kier alpha value is -2.21.